The maximum atomic E-state index is 14.0. The molecule has 1 rings (SSSR count). The van der Waals surface area contributed by atoms with Crippen LogP contribution in [0.25, 0.3) is 0 Å². The molecule has 0 aromatic rings. The topological polar surface area (TPSA) is 305 Å². The van der Waals surface area contributed by atoms with Crippen LogP contribution in [0.2, 0.25) is 0 Å². The van der Waals surface area contributed by atoms with E-state index in [0.717, 1.165) is 0 Å². The molecule has 20 nitrogen and oxygen atoms in total. The SMILES string of the molecule is CC(=O)NCCCC[C@H](NC(=O)[C@@H](NC(C)=O)C(C)C)C(=O)N[C@@H](CC(C)C)C(=O)NC(C)(C)C(=O)N[C@H](C(=O)N[C@@H](CCCCNC(C)=O)C(=O)NC1(C(N)=O)C[C@H]1C(C)C)C(C)C. The zero-order valence-electron chi connectivity index (χ0n) is 41.0. The van der Waals surface area contributed by atoms with Gasteiger partial charge < -0.3 is 53.6 Å². The van der Waals surface area contributed by atoms with E-state index in [-0.39, 0.29) is 54.7 Å². The lowest BCUT2D eigenvalue weighted by Crippen LogP contribution is -2.64. The Labute approximate surface area is 385 Å². The fraction of sp³-hybridized carbons (Fsp3) is 0.778. The standard InChI is InChI=1S/C45H80N10O10/c1-24(2)22-34(52-37(59)32(18-14-16-20-47-28(9)56)50-40(62)35(26(5)6)49-30(11)58)39(61)54-44(12,13)43(65)53-36(27(7)8)41(63)51-33(19-15-17-21-48-29(10)57)38(60)55-45(42(46)64)23-31(45)25(3)4/h24-27,31-36H,14-23H2,1-13H3,(H2,46,64)(H,47,56)(H,48,57)(H,49,58)(H,50,62)(H,51,63)(H,52,59)(H,53,65)(H,54,61)(H,55,60)/t31-,32-,33-,34-,35-,36-,45?/m0/s1. The molecule has 7 atom stereocenters. The van der Waals surface area contributed by atoms with Crippen LogP contribution in [-0.4, -0.2) is 113 Å². The first kappa shape index (κ1) is 57.7. The van der Waals surface area contributed by atoms with E-state index in [4.69, 9.17) is 5.73 Å². The van der Waals surface area contributed by atoms with Crippen molar-refractivity contribution in [2.24, 2.45) is 35.3 Å². The van der Waals surface area contributed by atoms with Crippen molar-refractivity contribution in [3.8, 4) is 0 Å². The van der Waals surface area contributed by atoms with Crippen LogP contribution in [0.3, 0.4) is 0 Å². The summed E-state index contributed by atoms with van der Waals surface area (Å²) in [6, 6.07) is -5.53. The molecule has 1 aliphatic carbocycles. The van der Waals surface area contributed by atoms with Gasteiger partial charge in [0.05, 0.1) is 0 Å². The van der Waals surface area contributed by atoms with E-state index in [1.54, 1.807) is 27.7 Å². The van der Waals surface area contributed by atoms with Crippen molar-refractivity contribution in [3.63, 3.8) is 0 Å². The van der Waals surface area contributed by atoms with Crippen molar-refractivity contribution in [2.45, 2.75) is 183 Å². The molecule has 11 N–H and O–H groups in total. The zero-order valence-corrected chi connectivity index (χ0v) is 41.0. The molecule has 0 spiro atoms. The number of carbonyl (C=O) groups excluding carboxylic acids is 10. The highest BCUT2D eigenvalue weighted by Crippen LogP contribution is 2.48. The van der Waals surface area contributed by atoms with Crippen LogP contribution in [0.15, 0.2) is 0 Å². The van der Waals surface area contributed by atoms with Crippen LogP contribution in [0, 0.1) is 29.6 Å². The molecule has 1 fully saturated rings. The van der Waals surface area contributed by atoms with Crippen molar-refractivity contribution in [2.75, 3.05) is 13.1 Å². The summed E-state index contributed by atoms with van der Waals surface area (Å²) in [5.41, 5.74) is 2.85. The molecule has 0 heterocycles. The van der Waals surface area contributed by atoms with Crippen LogP contribution < -0.4 is 53.6 Å². The van der Waals surface area contributed by atoms with E-state index in [1.165, 1.54) is 34.6 Å². The van der Waals surface area contributed by atoms with Gasteiger partial charge in [-0.25, -0.2) is 0 Å². The van der Waals surface area contributed by atoms with Crippen LogP contribution in [-0.2, 0) is 47.9 Å². The van der Waals surface area contributed by atoms with Gasteiger partial charge in [-0.3, -0.25) is 47.9 Å². The first-order valence-electron chi connectivity index (χ1n) is 23.0. The molecule has 1 aliphatic rings. The predicted octanol–water partition coefficient (Wildman–Crippen LogP) is 0.312. The Kier molecular flexibility index (Phi) is 23.6. The number of carbonyl (C=O) groups is 10. The van der Waals surface area contributed by atoms with Gasteiger partial charge in [-0.2, -0.15) is 0 Å². The summed E-state index contributed by atoms with van der Waals surface area (Å²) in [6.45, 7) is 22.0. The second-order valence-corrected chi connectivity index (χ2v) is 19.4. The lowest BCUT2D eigenvalue weighted by Gasteiger charge is -2.32. The van der Waals surface area contributed by atoms with Crippen LogP contribution in [0.4, 0.5) is 0 Å². The highest BCUT2D eigenvalue weighted by molar-refractivity contribution is 5.99. The van der Waals surface area contributed by atoms with Gasteiger partial charge in [0.2, 0.25) is 59.1 Å². The lowest BCUT2D eigenvalue weighted by atomic mass is 9.97. The van der Waals surface area contributed by atoms with Crippen molar-refractivity contribution >= 4 is 59.1 Å². The predicted molar refractivity (Wildman–Crippen MR) is 245 cm³/mol. The van der Waals surface area contributed by atoms with E-state index in [9.17, 15) is 47.9 Å². The second-order valence-electron chi connectivity index (χ2n) is 19.4. The average molecular weight is 921 g/mol. The molecular weight excluding hydrogens is 841 g/mol. The summed E-state index contributed by atoms with van der Waals surface area (Å²) in [6.07, 6.45) is 2.64. The molecule has 1 saturated carbocycles. The van der Waals surface area contributed by atoms with Gasteiger partial charge in [-0.05, 0) is 94.8 Å². The summed E-state index contributed by atoms with van der Waals surface area (Å²) >= 11 is 0. The summed E-state index contributed by atoms with van der Waals surface area (Å²) in [5.74, 6) is -6.57. The third-order valence-electron chi connectivity index (χ3n) is 11.3. The molecule has 0 saturated heterocycles. The van der Waals surface area contributed by atoms with E-state index in [2.05, 4.69) is 47.9 Å². The number of hydrogen-bond donors (Lipinski definition) is 10. The summed E-state index contributed by atoms with van der Waals surface area (Å²) in [7, 11) is 0. The monoisotopic (exact) mass is 921 g/mol. The number of unbranched alkanes of at least 4 members (excludes halogenated alkanes) is 2. The van der Waals surface area contributed by atoms with Gasteiger partial charge in [-0.15, -0.1) is 0 Å². The van der Waals surface area contributed by atoms with Gasteiger partial charge in [-0.1, -0.05) is 55.4 Å². The Morgan fingerprint density at radius 1 is 0.569 bits per heavy atom. The van der Waals surface area contributed by atoms with Crippen molar-refractivity contribution in [3.05, 3.63) is 0 Å². The molecule has 0 bridgehead atoms. The molecule has 1 unspecified atom stereocenters. The van der Waals surface area contributed by atoms with Crippen LogP contribution >= 0.6 is 0 Å². The van der Waals surface area contributed by atoms with E-state index >= 15 is 0 Å². The maximum Gasteiger partial charge on any atom is 0.245 e. The Bertz CT molecular complexity index is 1700. The second kappa shape index (κ2) is 26.6. The maximum absolute atomic E-state index is 14.0. The van der Waals surface area contributed by atoms with Gasteiger partial charge >= 0.3 is 0 Å². The Hall–Kier alpha value is -5.30. The third-order valence-corrected chi connectivity index (χ3v) is 11.3. The molecule has 0 radical (unpaired) electrons. The molecule has 20 heteroatoms. The number of rotatable bonds is 29. The first-order chi connectivity index (χ1) is 30.1. The summed E-state index contributed by atoms with van der Waals surface area (Å²) in [5, 5.41) is 24.4. The minimum atomic E-state index is -1.64. The molecule has 0 aromatic heterocycles. The van der Waals surface area contributed by atoms with Crippen molar-refractivity contribution in [1.82, 2.24) is 47.9 Å². The molecule has 0 aromatic carbocycles. The fourth-order valence-corrected chi connectivity index (χ4v) is 7.46. The fourth-order valence-electron chi connectivity index (χ4n) is 7.46. The van der Waals surface area contributed by atoms with Gasteiger partial charge in [0.25, 0.3) is 0 Å². The number of amides is 10. The lowest BCUT2D eigenvalue weighted by molar-refractivity contribution is -0.138. The zero-order chi connectivity index (χ0) is 50.0. The van der Waals surface area contributed by atoms with Crippen LogP contribution in [0.5, 0.6) is 0 Å². The van der Waals surface area contributed by atoms with E-state index in [1.807, 2.05) is 27.7 Å². The van der Waals surface area contributed by atoms with Crippen LogP contribution in [0.1, 0.15) is 141 Å². The minimum Gasteiger partial charge on any atom is -0.368 e. The molecule has 370 valence electrons. The largest absolute Gasteiger partial charge is 0.368 e. The number of nitrogens with two attached hydrogens (primary N) is 1. The van der Waals surface area contributed by atoms with E-state index < -0.39 is 94.5 Å². The minimum absolute atomic E-state index is 0.0529. The molecular formula is C45H80N10O10. The molecule has 10 amide bonds. The van der Waals surface area contributed by atoms with Crippen molar-refractivity contribution in [1.29, 1.82) is 0 Å². The van der Waals surface area contributed by atoms with E-state index in [0.29, 0.717) is 45.2 Å². The summed E-state index contributed by atoms with van der Waals surface area (Å²) < 4.78 is 0. The molecule has 65 heavy (non-hydrogen) atoms. The first-order valence-corrected chi connectivity index (χ1v) is 23.0. The van der Waals surface area contributed by atoms with Gasteiger partial charge in [0.1, 0.15) is 41.3 Å². The van der Waals surface area contributed by atoms with Crippen molar-refractivity contribution < 1.29 is 47.9 Å². The molecule has 0 aliphatic heterocycles. The average Bonchev–Trinajstić information content (AvgIpc) is 3.92. The smallest absolute Gasteiger partial charge is 0.245 e. The normalized spacial score (nSPS) is 18.0. The highest BCUT2D eigenvalue weighted by Gasteiger charge is 2.61. The number of hydrogen-bond acceptors (Lipinski definition) is 10. The summed E-state index contributed by atoms with van der Waals surface area (Å²) in [4.78, 5) is 130. The highest BCUT2D eigenvalue weighted by atomic mass is 16.2. The Balaban J connectivity index is 3.29. The quantitative estimate of drug-likeness (QED) is 0.0458. The number of primary amides is 1. The number of nitrogens with one attached hydrogen (secondary N) is 9. The third kappa shape index (κ3) is 19.8. The van der Waals surface area contributed by atoms with Gasteiger partial charge in [0, 0.05) is 33.9 Å². The van der Waals surface area contributed by atoms with Gasteiger partial charge in [0.15, 0.2) is 0 Å². The Morgan fingerprint density at radius 2 is 1.02 bits per heavy atom. The Morgan fingerprint density at radius 3 is 1.40 bits per heavy atom.